The zero-order valence-electron chi connectivity index (χ0n) is 13.3. The van der Waals surface area contributed by atoms with Crippen LogP contribution in [-0.4, -0.2) is 18.9 Å². The highest BCUT2D eigenvalue weighted by atomic mass is 79.9. The number of aliphatic imine (C=N–C) groups is 1. The summed E-state index contributed by atoms with van der Waals surface area (Å²) in [6, 6.07) is 15.7. The molecule has 2 aromatic carbocycles. The Morgan fingerprint density at radius 3 is 2.46 bits per heavy atom. The highest BCUT2D eigenvalue weighted by Crippen LogP contribution is 2.17. The number of hydrogen-bond donors (Lipinski definition) is 1. The molecular formula is C19H17BrN2O2. The van der Waals surface area contributed by atoms with Gasteiger partial charge in [0.25, 0.3) is 5.91 Å². The Morgan fingerprint density at radius 1 is 1.08 bits per heavy atom. The van der Waals surface area contributed by atoms with Gasteiger partial charge in [-0.1, -0.05) is 40.2 Å². The number of halogens is 1. The number of carbonyl (C=O) groups excluding carboxylic acids is 1. The van der Waals surface area contributed by atoms with Crippen LogP contribution >= 0.6 is 15.9 Å². The molecule has 122 valence electrons. The van der Waals surface area contributed by atoms with Crippen LogP contribution in [-0.2, 0) is 11.2 Å². The van der Waals surface area contributed by atoms with Crippen molar-refractivity contribution in [1.29, 1.82) is 0 Å². The van der Waals surface area contributed by atoms with Gasteiger partial charge in [0.15, 0.2) is 0 Å². The van der Waals surface area contributed by atoms with Gasteiger partial charge in [0, 0.05) is 10.9 Å². The number of nitrogens with zero attached hydrogens (tertiary/aromatic N) is 1. The smallest absolute Gasteiger partial charge is 0.275 e. The Kier molecular flexibility index (Phi) is 5.11. The molecule has 3 rings (SSSR count). The summed E-state index contributed by atoms with van der Waals surface area (Å²) >= 11 is 3.40. The number of aryl methyl sites for hydroxylation is 1. The summed E-state index contributed by atoms with van der Waals surface area (Å²) in [5, 5.41) is 2.84. The third-order valence-corrected chi connectivity index (χ3v) is 4.26. The number of amides is 1. The fourth-order valence-corrected chi connectivity index (χ4v) is 2.67. The van der Waals surface area contributed by atoms with Gasteiger partial charge < -0.3 is 10.1 Å². The van der Waals surface area contributed by atoms with Crippen LogP contribution in [0.3, 0.4) is 0 Å². The van der Waals surface area contributed by atoms with Crippen molar-refractivity contribution < 1.29 is 9.53 Å². The highest BCUT2D eigenvalue weighted by molar-refractivity contribution is 9.10. The molecule has 0 saturated carbocycles. The number of amidine groups is 1. The van der Waals surface area contributed by atoms with E-state index in [9.17, 15) is 4.79 Å². The molecule has 0 aromatic heterocycles. The van der Waals surface area contributed by atoms with Crippen molar-refractivity contribution >= 4 is 33.7 Å². The van der Waals surface area contributed by atoms with Crippen LogP contribution in [0.25, 0.3) is 6.08 Å². The summed E-state index contributed by atoms with van der Waals surface area (Å²) in [6.07, 6.45) is 3.30. The fraction of sp³-hybridized carbons (Fsp3) is 0.158. The van der Waals surface area contributed by atoms with Crippen molar-refractivity contribution in [2.75, 3.05) is 7.11 Å². The third-order valence-electron chi connectivity index (χ3n) is 3.73. The third kappa shape index (κ3) is 4.11. The van der Waals surface area contributed by atoms with Crippen molar-refractivity contribution in [3.05, 3.63) is 69.8 Å². The Labute approximate surface area is 149 Å². The molecule has 0 spiro atoms. The summed E-state index contributed by atoms with van der Waals surface area (Å²) in [5.74, 6) is 1.40. The standard InChI is InChI=1S/C19H17BrN2O2/c1-24-16-9-4-13(5-10-16)6-11-18-21-17(19(23)22-18)12-14-2-7-15(20)8-3-14/h2-5,7-10,12H,6,11H2,1H3,(H,21,22,23)/b17-12+. The predicted octanol–water partition coefficient (Wildman–Crippen LogP) is 3.96. The van der Waals surface area contributed by atoms with Crippen molar-refractivity contribution in [2.45, 2.75) is 12.8 Å². The lowest BCUT2D eigenvalue weighted by Crippen LogP contribution is -2.24. The predicted molar refractivity (Wildman–Crippen MR) is 99.0 cm³/mol. The number of benzene rings is 2. The van der Waals surface area contributed by atoms with Gasteiger partial charge in [-0.25, -0.2) is 4.99 Å². The first-order chi connectivity index (χ1) is 11.6. The Bertz CT molecular complexity index is 793. The zero-order chi connectivity index (χ0) is 16.9. The maximum atomic E-state index is 12.0. The van der Waals surface area contributed by atoms with Crippen molar-refractivity contribution in [1.82, 2.24) is 5.32 Å². The molecule has 4 nitrogen and oxygen atoms in total. The number of rotatable bonds is 5. The number of methoxy groups -OCH3 is 1. The van der Waals surface area contributed by atoms with Gasteiger partial charge in [-0.15, -0.1) is 0 Å². The van der Waals surface area contributed by atoms with Crippen molar-refractivity contribution in [3.63, 3.8) is 0 Å². The van der Waals surface area contributed by atoms with Gasteiger partial charge in [-0.05, 0) is 47.9 Å². The SMILES string of the molecule is COc1ccc(CCC2=N/C(=C/c3ccc(Br)cc3)C(=O)N2)cc1. The minimum absolute atomic E-state index is 0.150. The van der Waals surface area contributed by atoms with E-state index in [4.69, 9.17) is 4.74 Å². The summed E-state index contributed by atoms with van der Waals surface area (Å²) in [5.41, 5.74) is 2.57. The zero-order valence-corrected chi connectivity index (χ0v) is 14.8. The van der Waals surface area contributed by atoms with Gasteiger partial charge in [-0.3, -0.25) is 4.79 Å². The van der Waals surface area contributed by atoms with E-state index in [0.717, 1.165) is 22.2 Å². The van der Waals surface area contributed by atoms with E-state index in [0.29, 0.717) is 18.0 Å². The fourth-order valence-electron chi connectivity index (χ4n) is 2.41. The van der Waals surface area contributed by atoms with Gasteiger partial charge in [-0.2, -0.15) is 0 Å². The Balaban J connectivity index is 1.66. The van der Waals surface area contributed by atoms with E-state index in [-0.39, 0.29) is 5.91 Å². The van der Waals surface area contributed by atoms with Crippen LogP contribution in [0.1, 0.15) is 17.5 Å². The Hall–Kier alpha value is -2.40. The quantitative estimate of drug-likeness (QED) is 0.793. The van der Waals surface area contributed by atoms with E-state index in [1.54, 1.807) is 13.2 Å². The maximum Gasteiger partial charge on any atom is 0.275 e. The molecule has 1 heterocycles. The molecule has 24 heavy (non-hydrogen) atoms. The molecule has 1 N–H and O–H groups in total. The van der Waals surface area contributed by atoms with Crippen LogP contribution < -0.4 is 10.1 Å². The second-order valence-electron chi connectivity index (χ2n) is 5.44. The lowest BCUT2D eigenvalue weighted by atomic mass is 10.1. The van der Waals surface area contributed by atoms with Crippen LogP contribution in [0, 0.1) is 0 Å². The van der Waals surface area contributed by atoms with Crippen molar-refractivity contribution in [2.24, 2.45) is 4.99 Å². The lowest BCUT2D eigenvalue weighted by molar-refractivity contribution is -0.115. The average Bonchev–Trinajstić information content (AvgIpc) is 2.95. The first-order valence-corrected chi connectivity index (χ1v) is 8.42. The van der Waals surface area contributed by atoms with Gasteiger partial charge in [0.05, 0.1) is 7.11 Å². The maximum absolute atomic E-state index is 12.0. The van der Waals surface area contributed by atoms with Gasteiger partial charge in [0.2, 0.25) is 0 Å². The number of nitrogens with one attached hydrogen (secondary N) is 1. The van der Waals surface area contributed by atoms with Gasteiger partial charge >= 0.3 is 0 Å². The summed E-state index contributed by atoms with van der Waals surface area (Å²) in [4.78, 5) is 16.4. The molecule has 0 bridgehead atoms. The second-order valence-corrected chi connectivity index (χ2v) is 6.36. The monoisotopic (exact) mass is 384 g/mol. The van der Waals surface area contributed by atoms with Crippen LogP contribution in [0.2, 0.25) is 0 Å². The van der Waals surface area contributed by atoms with Crippen LogP contribution in [0.4, 0.5) is 0 Å². The molecule has 0 saturated heterocycles. The normalized spacial score (nSPS) is 15.3. The molecule has 0 aliphatic carbocycles. The first-order valence-electron chi connectivity index (χ1n) is 7.63. The second kappa shape index (κ2) is 7.45. The molecule has 0 fully saturated rings. The minimum Gasteiger partial charge on any atom is -0.497 e. The van der Waals surface area contributed by atoms with Crippen LogP contribution in [0.15, 0.2) is 63.7 Å². The summed E-state index contributed by atoms with van der Waals surface area (Å²) in [6.45, 7) is 0. The molecule has 1 amide bonds. The van der Waals surface area contributed by atoms with Crippen LogP contribution in [0.5, 0.6) is 5.75 Å². The number of ether oxygens (including phenoxy) is 1. The highest BCUT2D eigenvalue weighted by Gasteiger charge is 2.19. The minimum atomic E-state index is -0.150. The van der Waals surface area contributed by atoms with Crippen molar-refractivity contribution in [3.8, 4) is 5.75 Å². The van der Waals surface area contributed by atoms with E-state index >= 15 is 0 Å². The number of carbonyl (C=O) groups is 1. The average molecular weight is 385 g/mol. The molecule has 0 unspecified atom stereocenters. The van der Waals surface area contributed by atoms with E-state index in [2.05, 4.69) is 26.2 Å². The molecule has 0 radical (unpaired) electrons. The topological polar surface area (TPSA) is 50.7 Å². The lowest BCUT2D eigenvalue weighted by Gasteiger charge is -2.03. The molecule has 2 aromatic rings. The van der Waals surface area contributed by atoms with Gasteiger partial charge in [0.1, 0.15) is 17.3 Å². The van der Waals surface area contributed by atoms with E-state index in [1.165, 1.54) is 5.56 Å². The Morgan fingerprint density at radius 2 is 1.79 bits per heavy atom. The molecule has 1 aliphatic heterocycles. The largest absolute Gasteiger partial charge is 0.497 e. The molecule has 0 atom stereocenters. The summed E-state index contributed by atoms with van der Waals surface area (Å²) < 4.78 is 6.15. The first kappa shape index (κ1) is 16.5. The van der Waals surface area contributed by atoms with E-state index in [1.807, 2.05) is 48.5 Å². The molecule has 5 heteroatoms. The molecular weight excluding hydrogens is 368 g/mol. The van der Waals surface area contributed by atoms with E-state index < -0.39 is 0 Å². The molecule has 1 aliphatic rings. The summed E-state index contributed by atoms with van der Waals surface area (Å²) in [7, 11) is 1.65. The number of hydrogen-bond acceptors (Lipinski definition) is 3.